The topological polar surface area (TPSA) is 21.3 Å². The lowest BCUT2D eigenvalue weighted by molar-refractivity contribution is 0.182. The molecular formula is C12H20ClNOS. The molecule has 0 bridgehead atoms. The van der Waals surface area contributed by atoms with E-state index in [9.17, 15) is 0 Å². The first kappa shape index (κ1) is 14.0. The van der Waals surface area contributed by atoms with Gasteiger partial charge in [0.25, 0.3) is 0 Å². The molecule has 2 nitrogen and oxygen atoms in total. The lowest BCUT2D eigenvalue weighted by Crippen LogP contribution is -2.32. The van der Waals surface area contributed by atoms with Gasteiger partial charge in [-0.25, -0.2) is 0 Å². The number of rotatable bonds is 8. The van der Waals surface area contributed by atoms with E-state index in [0.29, 0.717) is 6.04 Å². The summed E-state index contributed by atoms with van der Waals surface area (Å²) in [6.45, 7) is 4.05. The fraction of sp³-hybridized carbons (Fsp3) is 0.667. The van der Waals surface area contributed by atoms with Crippen LogP contribution in [0.4, 0.5) is 0 Å². The van der Waals surface area contributed by atoms with Crippen molar-refractivity contribution in [3.05, 3.63) is 21.3 Å². The number of hydrogen-bond donors (Lipinski definition) is 1. The lowest BCUT2D eigenvalue weighted by Gasteiger charge is -2.17. The highest BCUT2D eigenvalue weighted by Crippen LogP contribution is 2.23. The van der Waals surface area contributed by atoms with Crippen molar-refractivity contribution < 1.29 is 4.74 Å². The number of nitrogens with one attached hydrogen (secondary N) is 1. The zero-order valence-electron chi connectivity index (χ0n) is 9.96. The molecule has 4 heteroatoms. The van der Waals surface area contributed by atoms with Gasteiger partial charge in [0.2, 0.25) is 0 Å². The molecule has 0 saturated heterocycles. The summed E-state index contributed by atoms with van der Waals surface area (Å²) >= 11 is 7.59. The maximum Gasteiger partial charge on any atom is 0.0931 e. The third-order valence-corrected chi connectivity index (χ3v) is 3.68. The first-order valence-corrected chi connectivity index (χ1v) is 6.92. The molecule has 0 aliphatic heterocycles. The van der Waals surface area contributed by atoms with Crippen molar-refractivity contribution >= 4 is 22.9 Å². The summed E-state index contributed by atoms with van der Waals surface area (Å²) in [4.78, 5) is 1.34. The molecule has 92 valence electrons. The van der Waals surface area contributed by atoms with Gasteiger partial charge in [0.05, 0.1) is 4.34 Å². The van der Waals surface area contributed by atoms with Gasteiger partial charge in [-0.2, -0.15) is 0 Å². The number of methoxy groups -OCH3 is 1. The van der Waals surface area contributed by atoms with Crippen LogP contribution in [0.1, 0.15) is 24.6 Å². The quantitative estimate of drug-likeness (QED) is 0.775. The van der Waals surface area contributed by atoms with Crippen LogP contribution in [0, 0.1) is 0 Å². The zero-order chi connectivity index (χ0) is 11.8. The largest absolute Gasteiger partial charge is 0.385 e. The van der Waals surface area contributed by atoms with Crippen molar-refractivity contribution in [3.8, 4) is 0 Å². The minimum atomic E-state index is 0.495. The molecule has 1 N–H and O–H groups in total. The molecule has 16 heavy (non-hydrogen) atoms. The van der Waals surface area contributed by atoms with E-state index in [-0.39, 0.29) is 0 Å². The standard InChI is InChI=1S/C12H20ClNOS/c1-3-7-14-10(6-8-15-2)9-11-4-5-12(13)16-11/h4-5,10,14H,3,6-9H2,1-2H3. The minimum Gasteiger partial charge on any atom is -0.385 e. The van der Waals surface area contributed by atoms with Gasteiger partial charge in [-0.3, -0.25) is 0 Å². The predicted octanol–water partition coefficient (Wildman–Crippen LogP) is 3.35. The van der Waals surface area contributed by atoms with E-state index in [1.54, 1.807) is 18.4 Å². The Labute approximate surface area is 107 Å². The van der Waals surface area contributed by atoms with E-state index < -0.39 is 0 Å². The van der Waals surface area contributed by atoms with E-state index in [4.69, 9.17) is 16.3 Å². The second-order valence-corrected chi connectivity index (χ2v) is 5.64. The Kier molecular flexibility index (Phi) is 7.05. The molecule has 0 saturated carbocycles. The Bertz CT molecular complexity index is 282. The number of ether oxygens (including phenoxy) is 1. The highest BCUT2D eigenvalue weighted by atomic mass is 35.5. The molecule has 0 aliphatic rings. The molecule has 0 amide bonds. The summed E-state index contributed by atoms with van der Waals surface area (Å²) in [7, 11) is 1.75. The fourth-order valence-electron chi connectivity index (χ4n) is 1.59. The van der Waals surface area contributed by atoms with E-state index in [1.807, 2.05) is 6.07 Å². The van der Waals surface area contributed by atoms with Gasteiger partial charge in [0.1, 0.15) is 0 Å². The fourth-order valence-corrected chi connectivity index (χ4v) is 2.76. The van der Waals surface area contributed by atoms with Gasteiger partial charge in [-0.05, 0) is 37.9 Å². The lowest BCUT2D eigenvalue weighted by atomic mass is 10.1. The van der Waals surface area contributed by atoms with Gasteiger partial charge in [0, 0.05) is 24.6 Å². The summed E-state index contributed by atoms with van der Waals surface area (Å²) in [5, 5.41) is 3.55. The SMILES string of the molecule is CCCNC(CCOC)Cc1ccc(Cl)s1. The summed E-state index contributed by atoms with van der Waals surface area (Å²) in [6.07, 6.45) is 3.25. The van der Waals surface area contributed by atoms with E-state index >= 15 is 0 Å². The maximum absolute atomic E-state index is 5.93. The average molecular weight is 262 g/mol. The van der Waals surface area contributed by atoms with Gasteiger partial charge < -0.3 is 10.1 Å². The van der Waals surface area contributed by atoms with Crippen LogP contribution < -0.4 is 5.32 Å². The number of thiophene rings is 1. The second kappa shape index (κ2) is 8.07. The van der Waals surface area contributed by atoms with Crippen LogP contribution >= 0.6 is 22.9 Å². The van der Waals surface area contributed by atoms with Crippen LogP contribution in [0.2, 0.25) is 4.34 Å². The molecule has 1 atom stereocenters. The highest BCUT2D eigenvalue weighted by Gasteiger charge is 2.10. The van der Waals surface area contributed by atoms with E-state index in [1.165, 1.54) is 4.88 Å². The van der Waals surface area contributed by atoms with Gasteiger partial charge in [0.15, 0.2) is 0 Å². The molecule has 1 rings (SSSR count). The second-order valence-electron chi connectivity index (χ2n) is 3.84. The normalized spacial score (nSPS) is 12.9. The maximum atomic E-state index is 5.93. The van der Waals surface area contributed by atoms with Gasteiger partial charge >= 0.3 is 0 Å². The summed E-state index contributed by atoms with van der Waals surface area (Å²) in [5.41, 5.74) is 0. The van der Waals surface area contributed by atoms with E-state index in [2.05, 4.69) is 18.3 Å². The Morgan fingerprint density at radius 2 is 2.31 bits per heavy atom. The minimum absolute atomic E-state index is 0.495. The van der Waals surface area contributed by atoms with Crippen molar-refractivity contribution in [3.63, 3.8) is 0 Å². The van der Waals surface area contributed by atoms with E-state index in [0.717, 1.165) is 36.8 Å². The molecule has 1 unspecified atom stereocenters. The third kappa shape index (κ3) is 5.30. The molecule has 1 heterocycles. The van der Waals surface area contributed by atoms with Gasteiger partial charge in [-0.1, -0.05) is 18.5 Å². The molecule has 1 aromatic rings. The first-order chi connectivity index (χ1) is 7.76. The zero-order valence-corrected chi connectivity index (χ0v) is 11.5. The Morgan fingerprint density at radius 3 is 2.88 bits per heavy atom. The molecule has 0 aliphatic carbocycles. The van der Waals surface area contributed by atoms with Crippen molar-refractivity contribution in [2.75, 3.05) is 20.3 Å². The highest BCUT2D eigenvalue weighted by molar-refractivity contribution is 7.16. The Hall–Kier alpha value is -0.0900. The molecule has 0 aromatic carbocycles. The predicted molar refractivity (Wildman–Crippen MR) is 71.6 cm³/mol. The number of hydrogen-bond acceptors (Lipinski definition) is 3. The van der Waals surface area contributed by atoms with Crippen LogP contribution in [0.5, 0.6) is 0 Å². The molecule has 0 spiro atoms. The molecule has 0 fully saturated rings. The van der Waals surface area contributed by atoms with Crippen LogP contribution in [-0.4, -0.2) is 26.3 Å². The Balaban J connectivity index is 2.41. The summed E-state index contributed by atoms with van der Waals surface area (Å²) in [6, 6.07) is 4.57. The molecule has 1 aromatic heterocycles. The van der Waals surface area contributed by atoms with Crippen molar-refractivity contribution in [1.82, 2.24) is 5.32 Å². The Morgan fingerprint density at radius 1 is 1.50 bits per heavy atom. The molecule has 0 radical (unpaired) electrons. The third-order valence-electron chi connectivity index (χ3n) is 2.43. The van der Waals surface area contributed by atoms with Crippen molar-refractivity contribution in [2.24, 2.45) is 0 Å². The van der Waals surface area contributed by atoms with Gasteiger partial charge in [-0.15, -0.1) is 11.3 Å². The summed E-state index contributed by atoms with van der Waals surface area (Å²) in [5.74, 6) is 0. The average Bonchev–Trinajstić information content (AvgIpc) is 2.68. The monoisotopic (exact) mass is 261 g/mol. The summed E-state index contributed by atoms with van der Waals surface area (Å²) < 4.78 is 6.00. The van der Waals surface area contributed by atoms with Crippen molar-refractivity contribution in [2.45, 2.75) is 32.2 Å². The van der Waals surface area contributed by atoms with Crippen LogP contribution in [0.15, 0.2) is 12.1 Å². The van der Waals surface area contributed by atoms with Crippen LogP contribution in [0.25, 0.3) is 0 Å². The van der Waals surface area contributed by atoms with Crippen LogP contribution in [0.3, 0.4) is 0 Å². The first-order valence-electron chi connectivity index (χ1n) is 5.72. The van der Waals surface area contributed by atoms with Crippen LogP contribution in [-0.2, 0) is 11.2 Å². The molecular weight excluding hydrogens is 242 g/mol. The smallest absolute Gasteiger partial charge is 0.0931 e. The number of halogens is 1. The van der Waals surface area contributed by atoms with Crippen molar-refractivity contribution in [1.29, 1.82) is 0 Å².